The minimum atomic E-state index is 0.567. The summed E-state index contributed by atoms with van der Waals surface area (Å²) in [5, 5.41) is 0. The van der Waals surface area contributed by atoms with E-state index in [-0.39, 0.29) is 0 Å². The van der Waals surface area contributed by atoms with E-state index in [4.69, 9.17) is 11.6 Å². The van der Waals surface area contributed by atoms with E-state index in [1.54, 1.807) is 0 Å². The first kappa shape index (κ1) is 9.07. The zero-order chi connectivity index (χ0) is 9.26. The summed E-state index contributed by atoms with van der Waals surface area (Å²) in [7, 11) is 0. The fourth-order valence-corrected chi connectivity index (χ4v) is 2.16. The van der Waals surface area contributed by atoms with Gasteiger partial charge in [0.05, 0.1) is 17.9 Å². The van der Waals surface area contributed by atoms with Crippen molar-refractivity contribution in [3.05, 3.63) is 18.2 Å². The van der Waals surface area contributed by atoms with E-state index in [0.717, 1.165) is 11.6 Å². The van der Waals surface area contributed by atoms with Gasteiger partial charge in [0.1, 0.15) is 0 Å². The molecule has 1 aromatic heterocycles. The van der Waals surface area contributed by atoms with E-state index in [0.29, 0.717) is 11.9 Å². The van der Waals surface area contributed by atoms with Gasteiger partial charge in [-0.3, -0.25) is 0 Å². The van der Waals surface area contributed by atoms with Crippen LogP contribution in [-0.4, -0.2) is 9.55 Å². The predicted molar refractivity (Wildman–Crippen MR) is 53.8 cm³/mol. The van der Waals surface area contributed by atoms with E-state index in [1.807, 2.05) is 12.5 Å². The highest BCUT2D eigenvalue weighted by molar-refractivity contribution is 6.16. The molecule has 0 spiro atoms. The number of halogens is 1. The summed E-state index contributed by atoms with van der Waals surface area (Å²) in [6, 6.07) is 0.574. The third-order valence-corrected chi connectivity index (χ3v) is 3.43. The molecule has 0 radical (unpaired) electrons. The monoisotopic (exact) mass is 198 g/mol. The van der Waals surface area contributed by atoms with Crippen LogP contribution in [0.3, 0.4) is 0 Å². The fourth-order valence-electron chi connectivity index (χ4n) is 1.95. The highest BCUT2D eigenvalue weighted by Gasteiger charge is 2.25. The first-order valence-electron chi connectivity index (χ1n) is 4.89. The predicted octanol–water partition coefficient (Wildman–Crippen LogP) is 2.98. The van der Waals surface area contributed by atoms with Crippen LogP contribution in [0.1, 0.15) is 37.9 Å². The Hall–Kier alpha value is -0.500. The molecule has 1 heterocycles. The largest absolute Gasteiger partial charge is 0.330 e. The maximum atomic E-state index is 5.82. The Morgan fingerprint density at radius 1 is 1.69 bits per heavy atom. The van der Waals surface area contributed by atoms with Crippen molar-refractivity contribution < 1.29 is 0 Å². The van der Waals surface area contributed by atoms with Gasteiger partial charge in [0, 0.05) is 12.2 Å². The topological polar surface area (TPSA) is 17.8 Å². The molecule has 2 rings (SSSR count). The van der Waals surface area contributed by atoms with Crippen molar-refractivity contribution in [1.82, 2.24) is 9.55 Å². The van der Waals surface area contributed by atoms with E-state index >= 15 is 0 Å². The summed E-state index contributed by atoms with van der Waals surface area (Å²) in [5.74, 6) is 1.41. The summed E-state index contributed by atoms with van der Waals surface area (Å²) in [6.07, 6.45) is 7.88. The van der Waals surface area contributed by atoms with Crippen molar-refractivity contribution in [2.45, 2.75) is 38.1 Å². The average Bonchev–Trinajstić information content (AvgIpc) is 2.47. The van der Waals surface area contributed by atoms with E-state index in [9.17, 15) is 0 Å². The SMILES string of the molecule is CC(C1CCC1)n1cncc1CCl. The molecule has 2 nitrogen and oxygen atoms in total. The molecule has 1 aliphatic carbocycles. The molecule has 1 unspecified atom stereocenters. The Morgan fingerprint density at radius 3 is 3.00 bits per heavy atom. The number of aromatic nitrogens is 2. The molecule has 0 aliphatic heterocycles. The van der Waals surface area contributed by atoms with Gasteiger partial charge in [-0.2, -0.15) is 0 Å². The molecule has 0 amide bonds. The van der Waals surface area contributed by atoms with Crippen molar-refractivity contribution in [2.75, 3.05) is 0 Å². The molecule has 72 valence electrons. The Balaban J connectivity index is 2.13. The Kier molecular flexibility index (Phi) is 2.58. The lowest BCUT2D eigenvalue weighted by Gasteiger charge is -2.32. The minimum Gasteiger partial charge on any atom is -0.330 e. The molecule has 1 atom stereocenters. The van der Waals surface area contributed by atoms with Crippen LogP contribution in [0.25, 0.3) is 0 Å². The molecular weight excluding hydrogens is 184 g/mol. The maximum absolute atomic E-state index is 5.82. The average molecular weight is 199 g/mol. The van der Waals surface area contributed by atoms with Crippen LogP contribution in [0.4, 0.5) is 0 Å². The molecule has 3 heteroatoms. The summed E-state index contributed by atoms with van der Waals surface area (Å²) in [6.45, 7) is 2.27. The van der Waals surface area contributed by atoms with Gasteiger partial charge in [0.2, 0.25) is 0 Å². The van der Waals surface area contributed by atoms with Crippen LogP contribution >= 0.6 is 11.6 Å². The second-order valence-electron chi connectivity index (χ2n) is 3.86. The Bertz CT molecular complexity index is 278. The van der Waals surface area contributed by atoms with Crippen molar-refractivity contribution in [3.63, 3.8) is 0 Å². The van der Waals surface area contributed by atoms with E-state index in [2.05, 4.69) is 16.5 Å². The van der Waals surface area contributed by atoms with Crippen molar-refractivity contribution in [3.8, 4) is 0 Å². The standard InChI is InChI=1S/C10H15ClN2/c1-8(9-3-2-4-9)13-7-12-6-10(13)5-11/h6-9H,2-5H2,1H3. The zero-order valence-corrected chi connectivity index (χ0v) is 8.67. The number of hydrogen-bond acceptors (Lipinski definition) is 1. The molecule has 0 N–H and O–H groups in total. The van der Waals surface area contributed by atoms with Crippen LogP contribution in [0.15, 0.2) is 12.5 Å². The molecule has 0 bridgehead atoms. The van der Waals surface area contributed by atoms with Gasteiger partial charge >= 0.3 is 0 Å². The third kappa shape index (κ3) is 1.60. The lowest BCUT2D eigenvalue weighted by molar-refractivity contribution is 0.220. The quantitative estimate of drug-likeness (QED) is 0.683. The number of nitrogens with zero attached hydrogens (tertiary/aromatic N) is 2. The van der Waals surface area contributed by atoms with Crippen LogP contribution < -0.4 is 0 Å². The summed E-state index contributed by atoms with van der Waals surface area (Å²) < 4.78 is 2.22. The molecule has 0 saturated heterocycles. The van der Waals surface area contributed by atoms with E-state index < -0.39 is 0 Å². The number of hydrogen-bond donors (Lipinski definition) is 0. The van der Waals surface area contributed by atoms with Gasteiger partial charge < -0.3 is 4.57 Å². The molecule has 13 heavy (non-hydrogen) atoms. The van der Waals surface area contributed by atoms with Crippen LogP contribution in [0.5, 0.6) is 0 Å². The first-order valence-corrected chi connectivity index (χ1v) is 5.43. The fraction of sp³-hybridized carbons (Fsp3) is 0.700. The van der Waals surface area contributed by atoms with Crippen LogP contribution in [0, 0.1) is 5.92 Å². The second-order valence-corrected chi connectivity index (χ2v) is 4.12. The molecule has 1 aliphatic rings. The molecule has 1 aromatic rings. The normalized spacial score (nSPS) is 19.8. The highest BCUT2D eigenvalue weighted by atomic mass is 35.5. The lowest BCUT2D eigenvalue weighted by Crippen LogP contribution is -2.23. The minimum absolute atomic E-state index is 0.567. The first-order chi connectivity index (χ1) is 6.33. The molecule has 0 aromatic carbocycles. The lowest BCUT2D eigenvalue weighted by atomic mass is 9.80. The second kappa shape index (κ2) is 3.70. The van der Waals surface area contributed by atoms with Gasteiger partial charge in [-0.05, 0) is 25.7 Å². The number of imidazole rings is 1. The molecule has 1 saturated carbocycles. The van der Waals surface area contributed by atoms with Crippen molar-refractivity contribution in [2.24, 2.45) is 5.92 Å². The van der Waals surface area contributed by atoms with E-state index in [1.165, 1.54) is 19.3 Å². The Labute approximate surface area is 83.9 Å². The summed E-state index contributed by atoms with van der Waals surface area (Å²) in [4.78, 5) is 4.13. The number of alkyl halides is 1. The van der Waals surface area contributed by atoms with Gasteiger partial charge in [0.25, 0.3) is 0 Å². The van der Waals surface area contributed by atoms with Crippen molar-refractivity contribution in [1.29, 1.82) is 0 Å². The van der Waals surface area contributed by atoms with Gasteiger partial charge in [-0.15, -0.1) is 11.6 Å². The third-order valence-electron chi connectivity index (χ3n) is 3.15. The maximum Gasteiger partial charge on any atom is 0.0951 e. The highest BCUT2D eigenvalue weighted by Crippen LogP contribution is 2.36. The van der Waals surface area contributed by atoms with Gasteiger partial charge in [0.15, 0.2) is 0 Å². The smallest absolute Gasteiger partial charge is 0.0951 e. The van der Waals surface area contributed by atoms with Gasteiger partial charge in [-0.1, -0.05) is 6.42 Å². The molecule has 1 fully saturated rings. The van der Waals surface area contributed by atoms with Crippen LogP contribution in [-0.2, 0) is 5.88 Å². The number of rotatable bonds is 3. The molecular formula is C10H15ClN2. The summed E-state index contributed by atoms with van der Waals surface area (Å²) >= 11 is 5.82. The van der Waals surface area contributed by atoms with Crippen LogP contribution in [0.2, 0.25) is 0 Å². The zero-order valence-electron chi connectivity index (χ0n) is 7.91. The summed E-state index contributed by atoms with van der Waals surface area (Å²) in [5.41, 5.74) is 1.14. The van der Waals surface area contributed by atoms with Gasteiger partial charge in [-0.25, -0.2) is 4.98 Å². The Morgan fingerprint density at radius 2 is 2.46 bits per heavy atom. The van der Waals surface area contributed by atoms with Crippen molar-refractivity contribution >= 4 is 11.6 Å².